The summed E-state index contributed by atoms with van der Waals surface area (Å²) >= 11 is 0. The van der Waals surface area contributed by atoms with E-state index in [-0.39, 0.29) is 23.1 Å². The molecule has 2 rings (SSSR count). The molecule has 0 aliphatic carbocycles. The Labute approximate surface area is 142 Å². The number of hydrogen-bond donors (Lipinski definition) is 1. The third kappa shape index (κ3) is 4.59. The summed E-state index contributed by atoms with van der Waals surface area (Å²) in [5, 5.41) is 12.0. The second-order valence-corrected chi connectivity index (χ2v) is 8.09. The Morgan fingerprint density at radius 2 is 2.25 bits per heavy atom. The lowest BCUT2D eigenvalue weighted by atomic mass is 10.2. The highest BCUT2D eigenvalue weighted by molar-refractivity contribution is 7.91. The predicted molar refractivity (Wildman–Crippen MR) is 92.9 cm³/mol. The van der Waals surface area contributed by atoms with Gasteiger partial charge in [-0.2, -0.15) is 5.26 Å². The molecular formula is C17H21N3O3S. The average molecular weight is 347 g/mol. The van der Waals surface area contributed by atoms with Gasteiger partial charge in [-0.1, -0.05) is 12.1 Å². The maximum absolute atomic E-state index is 12.3. The van der Waals surface area contributed by atoms with Crippen molar-refractivity contribution in [3.8, 4) is 6.07 Å². The van der Waals surface area contributed by atoms with Crippen LogP contribution in [0.5, 0.6) is 0 Å². The SMILES string of the molecule is CCN(/C=C(/C#N)C(=O)Nc1cccc(C)c1)C1CCS(=O)(=O)C1. The highest BCUT2D eigenvalue weighted by atomic mass is 32.2. The summed E-state index contributed by atoms with van der Waals surface area (Å²) in [6, 6.07) is 9.02. The van der Waals surface area contributed by atoms with E-state index in [1.807, 2.05) is 38.1 Å². The fraction of sp³-hybridized carbons (Fsp3) is 0.412. The van der Waals surface area contributed by atoms with Gasteiger partial charge >= 0.3 is 0 Å². The van der Waals surface area contributed by atoms with Crippen LogP contribution in [0, 0.1) is 18.3 Å². The zero-order valence-electron chi connectivity index (χ0n) is 13.8. The molecule has 0 radical (unpaired) electrons. The molecule has 7 heteroatoms. The number of nitrogens with one attached hydrogen (secondary N) is 1. The first-order valence-electron chi connectivity index (χ1n) is 7.80. The fourth-order valence-electron chi connectivity index (χ4n) is 2.72. The maximum atomic E-state index is 12.3. The molecule has 1 aromatic carbocycles. The Hall–Kier alpha value is -2.33. The Kier molecular flexibility index (Phi) is 5.62. The Morgan fingerprint density at radius 3 is 2.79 bits per heavy atom. The summed E-state index contributed by atoms with van der Waals surface area (Å²) in [7, 11) is -3.02. The van der Waals surface area contributed by atoms with Crippen LogP contribution in [-0.2, 0) is 14.6 Å². The van der Waals surface area contributed by atoms with Crippen LogP contribution >= 0.6 is 0 Å². The monoisotopic (exact) mass is 347 g/mol. The van der Waals surface area contributed by atoms with Gasteiger partial charge in [0.15, 0.2) is 9.84 Å². The molecule has 0 spiro atoms. The molecule has 1 saturated heterocycles. The number of carbonyl (C=O) groups excluding carboxylic acids is 1. The Bertz CT molecular complexity index is 794. The molecule has 1 amide bonds. The van der Waals surface area contributed by atoms with Gasteiger partial charge in [0.2, 0.25) is 0 Å². The lowest BCUT2D eigenvalue weighted by Gasteiger charge is -2.25. The number of nitriles is 1. The van der Waals surface area contributed by atoms with Crippen molar-refractivity contribution in [2.24, 2.45) is 0 Å². The Morgan fingerprint density at radius 1 is 1.50 bits per heavy atom. The molecule has 1 atom stereocenters. The predicted octanol–water partition coefficient (Wildman–Crippen LogP) is 1.85. The van der Waals surface area contributed by atoms with E-state index in [0.29, 0.717) is 18.7 Å². The van der Waals surface area contributed by atoms with E-state index in [4.69, 9.17) is 0 Å². The van der Waals surface area contributed by atoms with Gasteiger partial charge in [0.05, 0.1) is 11.5 Å². The van der Waals surface area contributed by atoms with Crippen molar-refractivity contribution in [3.63, 3.8) is 0 Å². The molecule has 1 aromatic rings. The summed E-state index contributed by atoms with van der Waals surface area (Å²) in [5.74, 6) is -0.281. The number of sulfone groups is 1. The Balaban J connectivity index is 2.15. The number of amides is 1. The van der Waals surface area contributed by atoms with Gasteiger partial charge in [0.25, 0.3) is 5.91 Å². The first-order valence-corrected chi connectivity index (χ1v) is 9.63. The van der Waals surface area contributed by atoms with Crippen molar-refractivity contribution >= 4 is 21.4 Å². The van der Waals surface area contributed by atoms with Crippen LogP contribution in [0.1, 0.15) is 18.9 Å². The van der Waals surface area contributed by atoms with E-state index in [2.05, 4.69) is 5.32 Å². The minimum Gasteiger partial charge on any atom is -0.372 e. The summed E-state index contributed by atoms with van der Waals surface area (Å²) in [6.07, 6.45) is 1.99. The van der Waals surface area contributed by atoms with E-state index in [1.54, 1.807) is 11.0 Å². The molecule has 1 unspecified atom stereocenters. The van der Waals surface area contributed by atoms with Gasteiger partial charge in [-0.05, 0) is 38.0 Å². The normalized spacial score (nSPS) is 19.5. The van der Waals surface area contributed by atoms with Crippen LogP contribution in [0.2, 0.25) is 0 Å². The quantitative estimate of drug-likeness (QED) is 0.648. The number of anilines is 1. The van der Waals surface area contributed by atoms with Crippen LogP contribution in [0.4, 0.5) is 5.69 Å². The minimum absolute atomic E-state index is 0.0392. The van der Waals surface area contributed by atoms with E-state index in [9.17, 15) is 18.5 Å². The highest BCUT2D eigenvalue weighted by Crippen LogP contribution is 2.19. The molecule has 1 fully saturated rings. The largest absolute Gasteiger partial charge is 0.372 e. The zero-order valence-corrected chi connectivity index (χ0v) is 14.6. The molecule has 0 aromatic heterocycles. The molecular weight excluding hydrogens is 326 g/mol. The lowest BCUT2D eigenvalue weighted by Crippen LogP contribution is -2.32. The van der Waals surface area contributed by atoms with Gasteiger partial charge in [0, 0.05) is 24.5 Å². The maximum Gasteiger partial charge on any atom is 0.267 e. The number of nitrogens with zero attached hydrogens (tertiary/aromatic N) is 2. The van der Waals surface area contributed by atoms with Crippen LogP contribution in [-0.4, -0.2) is 43.3 Å². The van der Waals surface area contributed by atoms with Gasteiger partial charge < -0.3 is 10.2 Å². The smallest absolute Gasteiger partial charge is 0.267 e. The second-order valence-electron chi connectivity index (χ2n) is 5.87. The molecule has 24 heavy (non-hydrogen) atoms. The van der Waals surface area contributed by atoms with E-state index in [0.717, 1.165) is 5.56 Å². The number of aryl methyl sites for hydroxylation is 1. The molecule has 0 bridgehead atoms. The summed E-state index contributed by atoms with van der Waals surface area (Å²) < 4.78 is 23.3. The minimum atomic E-state index is -3.02. The molecule has 0 saturated carbocycles. The van der Waals surface area contributed by atoms with Crippen LogP contribution in [0.25, 0.3) is 0 Å². The average Bonchev–Trinajstić information content (AvgIpc) is 2.88. The van der Waals surface area contributed by atoms with Crippen LogP contribution < -0.4 is 5.32 Å². The second kappa shape index (κ2) is 7.49. The first kappa shape index (κ1) is 18.0. The van der Waals surface area contributed by atoms with Gasteiger partial charge in [0.1, 0.15) is 11.6 Å². The highest BCUT2D eigenvalue weighted by Gasteiger charge is 2.31. The topological polar surface area (TPSA) is 90.3 Å². The van der Waals surface area contributed by atoms with Crippen molar-refractivity contribution in [2.45, 2.75) is 26.3 Å². The van der Waals surface area contributed by atoms with Crippen molar-refractivity contribution in [3.05, 3.63) is 41.6 Å². The molecule has 1 N–H and O–H groups in total. The lowest BCUT2D eigenvalue weighted by molar-refractivity contribution is -0.112. The van der Waals surface area contributed by atoms with Crippen molar-refractivity contribution in [1.82, 2.24) is 4.90 Å². The van der Waals surface area contributed by atoms with Crippen molar-refractivity contribution < 1.29 is 13.2 Å². The number of carbonyl (C=O) groups is 1. The van der Waals surface area contributed by atoms with Crippen LogP contribution in [0.3, 0.4) is 0 Å². The van der Waals surface area contributed by atoms with Crippen molar-refractivity contribution in [2.75, 3.05) is 23.4 Å². The molecule has 128 valence electrons. The molecule has 1 aliphatic heterocycles. The van der Waals surface area contributed by atoms with Crippen molar-refractivity contribution in [1.29, 1.82) is 5.26 Å². The third-order valence-corrected chi connectivity index (χ3v) is 5.73. The zero-order chi connectivity index (χ0) is 17.7. The standard InChI is InChI=1S/C17H21N3O3S/c1-3-20(16-7-8-24(22,23)12-16)11-14(10-18)17(21)19-15-6-4-5-13(2)9-15/h4-6,9,11,16H,3,7-8,12H2,1-2H3,(H,19,21)/b14-11-. The molecule has 1 heterocycles. The molecule has 1 aliphatic rings. The summed E-state index contributed by atoms with van der Waals surface area (Å²) in [4.78, 5) is 14.1. The van der Waals surface area contributed by atoms with Gasteiger partial charge in [-0.3, -0.25) is 4.79 Å². The van der Waals surface area contributed by atoms with E-state index >= 15 is 0 Å². The number of benzene rings is 1. The number of hydrogen-bond acceptors (Lipinski definition) is 5. The van der Waals surface area contributed by atoms with Gasteiger partial charge in [-0.25, -0.2) is 8.42 Å². The summed E-state index contributed by atoms with van der Waals surface area (Å²) in [6.45, 7) is 4.31. The first-order chi connectivity index (χ1) is 11.3. The third-order valence-electron chi connectivity index (χ3n) is 3.98. The van der Waals surface area contributed by atoms with E-state index in [1.165, 1.54) is 6.20 Å². The van der Waals surface area contributed by atoms with E-state index < -0.39 is 15.7 Å². The van der Waals surface area contributed by atoms with Gasteiger partial charge in [-0.15, -0.1) is 0 Å². The summed E-state index contributed by atoms with van der Waals surface area (Å²) in [5.41, 5.74) is 1.58. The fourth-order valence-corrected chi connectivity index (χ4v) is 4.46. The molecule has 6 nitrogen and oxygen atoms in total. The van der Waals surface area contributed by atoms with Crippen LogP contribution in [0.15, 0.2) is 36.0 Å². The number of rotatable bonds is 5.